The van der Waals surface area contributed by atoms with Gasteiger partial charge in [0, 0.05) is 12.5 Å². The van der Waals surface area contributed by atoms with Crippen LogP contribution in [-0.4, -0.2) is 16.5 Å². The van der Waals surface area contributed by atoms with Gasteiger partial charge in [-0.1, -0.05) is 64.7 Å². The van der Waals surface area contributed by atoms with E-state index in [4.69, 9.17) is 5.26 Å². The van der Waals surface area contributed by atoms with Crippen LogP contribution in [0.25, 0.3) is 0 Å². The van der Waals surface area contributed by atoms with Gasteiger partial charge in [0.15, 0.2) is 6.29 Å². The molecule has 2 N–H and O–H groups in total. The van der Waals surface area contributed by atoms with Crippen molar-refractivity contribution in [1.29, 1.82) is 5.26 Å². The van der Waals surface area contributed by atoms with Gasteiger partial charge in [-0.3, -0.25) is 0 Å². The molecule has 0 radical (unpaired) electrons. The van der Waals surface area contributed by atoms with E-state index in [1.54, 1.807) is 6.08 Å². The highest BCUT2D eigenvalue weighted by Gasteiger charge is 2.54. The standard InChI is InChI=1S/C27H45NO2/c1-19(2)10-9-12-21(4)24-13-14-25-23(18-26(29)30)22(15-16-27(24,25)5)20(3)11-7-6-8-17-28/h6,8,11,19,21-26,29-30H,7,9-10,12-16,18H2,1-5H3/b8-6+,20-11+/t21?,22?,23-,24-,25?,27?/m1/s1. The lowest BCUT2D eigenvalue weighted by Gasteiger charge is -2.50. The average Bonchev–Trinajstić information content (AvgIpc) is 3.02. The largest absolute Gasteiger partial charge is 0.368 e. The van der Waals surface area contributed by atoms with Gasteiger partial charge in [0.25, 0.3) is 0 Å². The molecule has 2 rings (SSSR count). The summed E-state index contributed by atoms with van der Waals surface area (Å²) in [7, 11) is 0. The number of nitrogens with zero attached hydrogens (tertiary/aromatic N) is 1. The molecule has 30 heavy (non-hydrogen) atoms. The van der Waals surface area contributed by atoms with Crippen LogP contribution in [0, 0.1) is 52.3 Å². The Bertz CT molecular complexity index is 629. The van der Waals surface area contributed by atoms with E-state index in [1.165, 1.54) is 44.1 Å². The lowest BCUT2D eigenvalue weighted by atomic mass is 9.54. The van der Waals surface area contributed by atoms with E-state index in [1.807, 2.05) is 6.08 Å². The second kappa shape index (κ2) is 11.5. The summed E-state index contributed by atoms with van der Waals surface area (Å²) in [5.74, 6) is 3.64. The molecular weight excluding hydrogens is 370 g/mol. The van der Waals surface area contributed by atoms with Crippen LogP contribution in [0.1, 0.15) is 92.4 Å². The van der Waals surface area contributed by atoms with Crippen LogP contribution in [0.15, 0.2) is 23.8 Å². The van der Waals surface area contributed by atoms with Crippen LogP contribution in [0.2, 0.25) is 0 Å². The first kappa shape index (κ1) is 25.2. The van der Waals surface area contributed by atoms with Gasteiger partial charge >= 0.3 is 0 Å². The number of aliphatic hydroxyl groups excluding tert-OH is 1. The van der Waals surface area contributed by atoms with Crippen LogP contribution in [0.4, 0.5) is 0 Å². The normalized spacial score (nSPS) is 33.3. The molecule has 2 aliphatic carbocycles. The highest BCUT2D eigenvalue weighted by molar-refractivity contribution is 5.15. The lowest BCUT2D eigenvalue weighted by molar-refractivity contribution is -0.0878. The van der Waals surface area contributed by atoms with Crippen molar-refractivity contribution in [3.63, 3.8) is 0 Å². The first-order valence-corrected chi connectivity index (χ1v) is 12.3. The number of nitriles is 1. The van der Waals surface area contributed by atoms with Crippen LogP contribution in [0.5, 0.6) is 0 Å². The Morgan fingerprint density at radius 1 is 1.17 bits per heavy atom. The van der Waals surface area contributed by atoms with Gasteiger partial charge in [-0.15, -0.1) is 0 Å². The molecule has 4 unspecified atom stereocenters. The molecule has 2 saturated carbocycles. The number of rotatable bonds is 10. The van der Waals surface area contributed by atoms with Gasteiger partial charge < -0.3 is 10.2 Å². The molecule has 0 bridgehead atoms. The highest BCUT2D eigenvalue weighted by atomic mass is 16.5. The van der Waals surface area contributed by atoms with E-state index in [9.17, 15) is 10.2 Å². The molecule has 0 aliphatic heterocycles. The Hall–Kier alpha value is -1.11. The summed E-state index contributed by atoms with van der Waals surface area (Å²) in [4.78, 5) is 0. The lowest BCUT2D eigenvalue weighted by Crippen LogP contribution is -2.44. The second-order valence-electron chi connectivity index (χ2n) is 10.8. The molecule has 3 heteroatoms. The predicted octanol–water partition coefficient (Wildman–Crippen LogP) is 6.62. The number of aliphatic hydroxyl groups is 2. The molecule has 3 nitrogen and oxygen atoms in total. The molecule has 0 saturated heterocycles. The molecule has 2 aliphatic rings. The minimum atomic E-state index is -1.23. The summed E-state index contributed by atoms with van der Waals surface area (Å²) in [6.45, 7) is 11.8. The molecule has 0 aromatic heterocycles. The third kappa shape index (κ3) is 6.21. The van der Waals surface area contributed by atoms with Gasteiger partial charge in [-0.05, 0) is 80.0 Å². The average molecular weight is 416 g/mol. The van der Waals surface area contributed by atoms with Crippen LogP contribution in [0.3, 0.4) is 0 Å². The number of hydrogen-bond acceptors (Lipinski definition) is 3. The zero-order chi connectivity index (χ0) is 22.3. The van der Waals surface area contributed by atoms with E-state index in [0.717, 1.165) is 30.6 Å². The van der Waals surface area contributed by atoms with E-state index >= 15 is 0 Å². The summed E-state index contributed by atoms with van der Waals surface area (Å²) in [6, 6.07) is 2.05. The van der Waals surface area contributed by atoms with Gasteiger partial charge in [-0.2, -0.15) is 5.26 Å². The Morgan fingerprint density at radius 2 is 1.90 bits per heavy atom. The molecule has 0 aromatic rings. The molecule has 170 valence electrons. The number of hydrogen-bond donors (Lipinski definition) is 2. The molecule has 2 fully saturated rings. The number of allylic oxidation sites excluding steroid dienone is 4. The van der Waals surface area contributed by atoms with Crippen LogP contribution >= 0.6 is 0 Å². The molecular formula is C27H45NO2. The molecule has 0 amide bonds. The smallest absolute Gasteiger partial charge is 0.151 e. The Balaban J connectivity index is 2.15. The van der Waals surface area contributed by atoms with Crippen molar-refractivity contribution in [3.8, 4) is 6.07 Å². The minimum Gasteiger partial charge on any atom is -0.368 e. The van der Waals surface area contributed by atoms with Crippen molar-refractivity contribution in [2.24, 2.45) is 40.9 Å². The number of fused-ring (bicyclic) bond motifs is 1. The Morgan fingerprint density at radius 3 is 2.53 bits per heavy atom. The summed E-state index contributed by atoms with van der Waals surface area (Å²) >= 11 is 0. The van der Waals surface area contributed by atoms with Gasteiger partial charge in [0.2, 0.25) is 0 Å². The quantitative estimate of drug-likeness (QED) is 0.239. The zero-order valence-electron chi connectivity index (χ0n) is 20.0. The molecule has 6 atom stereocenters. The predicted molar refractivity (Wildman–Crippen MR) is 124 cm³/mol. The Labute approximate surface area is 185 Å². The second-order valence-corrected chi connectivity index (χ2v) is 10.8. The molecule has 0 heterocycles. The minimum absolute atomic E-state index is 0.328. The van der Waals surface area contributed by atoms with Crippen molar-refractivity contribution >= 4 is 0 Å². The molecule has 0 aromatic carbocycles. The van der Waals surface area contributed by atoms with Crippen LogP contribution in [-0.2, 0) is 0 Å². The maximum Gasteiger partial charge on any atom is 0.151 e. The fourth-order valence-corrected chi connectivity index (χ4v) is 6.98. The third-order valence-corrected chi connectivity index (χ3v) is 8.47. The van der Waals surface area contributed by atoms with Crippen molar-refractivity contribution in [2.75, 3.05) is 0 Å². The topological polar surface area (TPSA) is 64.2 Å². The van der Waals surface area contributed by atoms with Crippen molar-refractivity contribution in [1.82, 2.24) is 0 Å². The van der Waals surface area contributed by atoms with Crippen molar-refractivity contribution in [3.05, 3.63) is 23.8 Å². The van der Waals surface area contributed by atoms with E-state index < -0.39 is 6.29 Å². The first-order chi connectivity index (χ1) is 14.2. The maximum absolute atomic E-state index is 9.89. The summed E-state index contributed by atoms with van der Waals surface area (Å²) in [5.41, 5.74) is 1.69. The Kier molecular flexibility index (Phi) is 9.64. The van der Waals surface area contributed by atoms with Gasteiger partial charge in [-0.25, -0.2) is 0 Å². The fourth-order valence-electron chi connectivity index (χ4n) is 6.98. The highest BCUT2D eigenvalue weighted by Crippen LogP contribution is 2.62. The maximum atomic E-state index is 9.89. The zero-order valence-corrected chi connectivity index (χ0v) is 20.0. The van der Waals surface area contributed by atoms with Gasteiger partial charge in [0.1, 0.15) is 0 Å². The van der Waals surface area contributed by atoms with Gasteiger partial charge in [0.05, 0.1) is 6.07 Å². The van der Waals surface area contributed by atoms with Crippen LogP contribution < -0.4 is 0 Å². The first-order valence-electron chi connectivity index (χ1n) is 12.3. The van der Waals surface area contributed by atoms with E-state index in [2.05, 4.69) is 46.8 Å². The summed E-state index contributed by atoms with van der Waals surface area (Å²) in [5, 5.41) is 28.5. The summed E-state index contributed by atoms with van der Waals surface area (Å²) < 4.78 is 0. The summed E-state index contributed by atoms with van der Waals surface area (Å²) in [6.07, 6.45) is 14.6. The third-order valence-electron chi connectivity index (χ3n) is 8.47. The van der Waals surface area contributed by atoms with E-state index in [-0.39, 0.29) is 0 Å². The fraction of sp³-hybridized carbons (Fsp3) is 0.815. The monoisotopic (exact) mass is 415 g/mol. The van der Waals surface area contributed by atoms with Crippen molar-refractivity contribution in [2.45, 2.75) is 98.7 Å². The SMILES string of the molecule is C/C(=C\C/C=C/C#N)C1CCC2(C)C(CC[C@@H]2C(C)CCCC(C)C)[C@@H]1CC(O)O. The van der Waals surface area contributed by atoms with E-state index in [0.29, 0.717) is 29.6 Å². The van der Waals surface area contributed by atoms with Crippen molar-refractivity contribution < 1.29 is 10.2 Å². The molecule has 0 spiro atoms.